The van der Waals surface area contributed by atoms with Crippen LogP contribution in [0.2, 0.25) is 0 Å². The summed E-state index contributed by atoms with van der Waals surface area (Å²) in [5, 5.41) is 7.57. The Hall–Kier alpha value is -2.57. The average Bonchev–Trinajstić information content (AvgIpc) is 3.15. The van der Waals surface area contributed by atoms with E-state index < -0.39 is 0 Å². The van der Waals surface area contributed by atoms with Crippen molar-refractivity contribution in [3.63, 3.8) is 0 Å². The molecule has 2 heterocycles. The molecule has 7 heteroatoms. The number of rotatable bonds is 5. The zero-order valence-corrected chi connectivity index (χ0v) is 14.6. The molecule has 2 aromatic rings. The highest BCUT2D eigenvalue weighted by atomic mass is 19.1. The van der Waals surface area contributed by atoms with Gasteiger partial charge < -0.3 is 15.1 Å². The minimum absolute atomic E-state index is 0.193. The third-order valence-corrected chi connectivity index (χ3v) is 4.26. The standard InChI is InChI=1S/C18H25FN6/c1-2-20-18(21-9-11-25-10-3-8-22-25)24-14-12-23(13-15-24)17-6-4-16(19)5-7-17/h3-8,10H,2,9,11-15H2,1H3,(H,20,21). The van der Waals surface area contributed by atoms with Crippen molar-refractivity contribution in [2.45, 2.75) is 13.5 Å². The number of aromatic nitrogens is 2. The number of nitrogens with zero attached hydrogens (tertiary/aromatic N) is 5. The van der Waals surface area contributed by atoms with E-state index in [2.05, 4.69) is 27.1 Å². The Morgan fingerprint density at radius 3 is 2.60 bits per heavy atom. The third kappa shape index (κ3) is 4.71. The molecule has 0 saturated carbocycles. The molecule has 0 bridgehead atoms. The summed E-state index contributed by atoms with van der Waals surface area (Å²) in [7, 11) is 0. The van der Waals surface area contributed by atoms with Crippen molar-refractivity contribution in [2.24, 2.45) is 4.99 Å². The zero-order valence-electron chi connectivity index (χ0n) is 14.6. The van der Waals surface area contributed by atoms with Crippen LogP contribution in [0.5, 0.6) is 0 Å². The number of halogens is 1. The number of guanidine groups is 1. The maximum Gasteiger partial charge on any atom is 0.194 e. The van der Waals surface area contributed by atoms with Gasteiger partial charge in [0, 0.05) is 50.8 Å². The van der Waals surface area contributed by atoms with Crippen molar-refractivity contribution >= 4 is 11.6 Å². The third-order valence-electron chi connectivity index (χ3n) is 4.26. The van der Waals surface area contributed by atoms with E-state index in [-0.39, 0.29) is 5.82 Å². The van der Waals surface area contributed by atoms with Crippen LogP contribution in [0, 0.1) is 5.82 Å². The Morgan fingerprint density at radius 2 is 1.96 bits per heavy atom. The quantitative estimate of drug-likeness (QED) is 0.664. The van der Waals surface area contributed by atoms with E-state index in [0.717, 1.165) is 50.9 Å². The van der Waals surface area contributed by atoms with E-state index in [1.165, 1.54) is 12.1 Å². The fourth-order valence-corrected chi connectivity index (χ4v) is 2.95. The first-order chi connectivity index (χ1) is 12.3. The van der Waals surface area contributed by atoms with Gasteiger partial charge in [0.05, 0.1) is 13.1 Å². The number of hydrogen-bond donors (Lipinski definition) is 1. The molecule has 0 radical (unpaired) electrons. The molecule has 6 nitrogen and oxygen atoms in total. The predicted molar refractivity (Wildman–Crippen MR) is 98.4 cm³/mol. The molecule has 0 unspecified atom stereocenters. The summed E-state index contributed by atoms with van der Waals surface area (Å²) in [6, 6.07) is 8.64. The lowest BCUT2D eigenvalue weighted by Gasteiger charge is -2.37. The van der Waals surface area contributed by atoms with Crippen LogP contribution in [0.15, 0.2) is 47.7 Å². The van der Waals surface area contributed by atoms with Crippen LogP contribution in [0.4, 0.5) is 10.1 Å². The smallest absolute Gasteiger partial charge is 0.194 e. The van der Waals surface area contributed by atoms with Crippen molar-refractivity contribution in [1.29, 1.82) is 0 Å². The van der Waals surface area contributed by atoms with Crippen LogP contribution < -0.4 is 10.2 Å². The Bertz CT molecular complexity index is 659. The summed E-state index contributed by atoms with van der Waals surface area (Å²) in [5.74, 6) is 0.759. The average molecular weight is 344 g/mol. The first kappa shape index (κ1) is 17.3. The van der Waals surface area contributed by atoms with Crippen molar-refractivity contribution in [1.82, 2.24) is 20.0 Å². The molecule has 1 fully saturated rings. The molecule has 0 atom stereocenters. The number of hydrogen-bond acceptors (Lipinski definition) is 3. The fourth-order valence-electron chi connectivity index (χ4n) is 2.95. The van der Waals surface area contributed by atoms with E-state index in [4.69, 9.17) is 4.99 Å². The topological polar surface area (TPSA) is 48.7 Å². The molecule has 1 saturated heterocycles. The first-order valence-corrected chi connectivity index (χ1v) is 8.77. The first-order valence-electron chi connectivity index (χ1n) is 8.77. The second-order valence-corrected chi connectivity index (χ2v) is 5.96. The van der Waals surface area contributed by atoms with Gasteiger partial charge in [-0.3, -0.25) is 9.67 Å². The molecular formula is C18H25FN6. The Balaban J connectivity index is 1.55. The van der Waals surface area contributed by atoms with Crippen LogP contribution in [0.25, 0.3) is 0 Å². The number of piperazine rings is 1. The summed E-state index contributed by atoms with van der Waals surface area (Å²) in [6.45, 7) is 7.98. The van der Waals surface area contributed by atoms with E-state index >= 15 is 0 Å². The zero-order chi connectivity index (χ0) is 17.5. The molecule has 1 N–H and O–H groups in total. The summed E-state index contributed by atoms with van der Waals surface area (Å²) in [6.07, 6.45) is 3.73. The van der Waals surface area contributed by atoms with Crippen LogP contribution in [0.3, 0.4) is 0 Å². The largest absolute Gasteiger partial charge is 0.368 e. The van der Waals surface area contributed by atoms with Gasteiger partial charge in [0.25, 0.3) is 0 Å². The fraction of sp³-hybridized carbons (Fsp3) is 0.444. The number of aliphatic imine (C=N–C) groups is 1. The van der Waals surface area contributed by atoms with E-state index in [1.807, 2.05) is 29.1 Å². The van der Waals surface area contributed by atoms with E-state index in [1.54, 1.807) is 6.20 Å². The molecule has 3 rings (SSSR count). The summed E-state index contributed by atoms with van der Waals surface area (Å²) < 4.78 is 15.0. The van der Waals surface area contributed by atoms with Gasteiger partial charge in [-0.25, -0.2) is 4.39 Å². The van der Waals surface area contributed by atoms with Gasteiger partial charge in [0.2, 0.25) is 0 Å². The summed E-state index contributed by atoms with van der Waals surface area (Å²) in [5.41, 5.74) is 1.07. The number of nitrogens with one attached hydrogen (secondary N) is 1. The summed E-state index contributed by atoms with van der Waals surface area (Å²) >= 11 is 0. The van der Waals surface area contributed by atoms with Crippen LogP contribution in [-0.2, 0) is 6.54 Å². The molecule has 0 spiro atoms. The van der Waals surface area contributed by atoms with Crippen molar-refractivity contribution in [3.05, 3.63) is 48.5 Å². The van der Waals surface area contributed by atoms with Gasteiger partial charge in [0.15, 0.2) is 5.96 Å². The van der Waals surface area contributed by atoms with Crippen molar-refractivity contribution in [3.8, 4) is 0 Å². The Kier molecular flexibility index (Phi) is 5.87. The highest BCUT2D eigenvalue weighted by molar-refractivity contribution is 5.80. The molecule has 0 aliphatic carbocycles. The molecule has 134 valence electrons. The van der Waals surface area contributed by atoms with E-state index in [0.29, 0.717) is 6.54 Å². The normalized spacial score (nSPS) is 15.5. The Morgan fingerprint density at radius 1 is 1.20 bits per heavy atom. The van der Waals surface area contributed by atoms with Crippen LogP contribution in [-0.4, -0.2) is 59.9 Å². The highest BCUT2D eigenvalue weighted by Crippen LogP contribution is 2.16. The Labute approximate surface area is 148 Å². The molecule has 1 aliphatic heterocycles. The molecule has 25 heavy (non-hydrogen) atoms. The predicted octanol–water partition coefficient (Wildman–Crippen LogP) is 1.81. The van der Waals surface area contributed by atoms with Gasteiger partial charge in [-0.1, -0.05) is 0 Å². The molecule has 0 amide bonds. The molecule has 1 aromatic carbocycles. The second kappa shape index (κ2) is 8.50. The van der Waals surface area contributed by atoms with Gasteiger partial charge in [-0.15, -0.1) is 0 Å². The van der Waals surface area contributed by atoms with Gasteiger partial charge >= 0.3 is 0 Å². The molecule has 1 aromatic heterocycles. The maximum atomic E-state index is 13.1. The van der Waals surface area contributed by atoms with Gasteiger partial charge in [-0.05, 0) is 37.3 Å². The summed E-state index contributed by atoms with van der Waals surface area (Å²) in [4.78, 5) is 9.29. The van der Waals surface area contributed by atoms with Crippen LogP contribution >= 0.6 is 0 Å². The lowest BCUT2D eigenvalue weighted by Crippen LogP contribution is -2.52. The minimum Gasteiger partial charge on any atom is -0.368 e. The SMILES string of the molecule is CCNC(=NCCn1cccn1)N1CCN(c2ccc(F)cc2)CC1. The molecular weight excluding hydrogens is 319 g/mol. The second-order valence-electron chi connectivity index (χ2n) is 5.96. The monoisotopic (exact) mass is 344 g/mol. The van der Waals surface area contributed by atoms with Gasteiger partial charge in [-0.2, -0.15) is 5.10 Å². The lowest BCUT2D eigenvalue weighted by molar-refractivity contribution is 0.372. The van der Waals surface area contributed by atoms with Crippen LogP contribution in [0.1, 0.15) is 6.92 Å². The maximum absolute atomic E-state index is 13.1. The minimum atomic E-state index is -0.193. The van der Waals surface area contributed by atoms with Gasteiger partial charge in [0.1, 0.15) is 5.82 Å². The number of anilines is 1. The highest BCUT2D eigenvalue weighted by Gasteiger charge is 2.19. The lowest BCUT2D eigenvalue weighted by atomic mass is 10.2. The van der Waals surface area contributed by atoms with Crippen molar-refractivity contribution in [2.75, 3.05) is 44.2 Å². The van der Waals surface area contributed by atoms with Crippen molar-refractivity contribution < 1.29 is 4.39 Å². The molecule has 1 aliphatic rings. The number of benzene rings is 1. The van der Waals surface area contributed by atoms with E-state index in [9.17, 15) is 4.39 Å².